The summed E-state index contributed by atoms with van der Waals surface area (Å²) in [7, 11) is 0. The predicted octanol–water partition coefficient (Wildman–Crippen LogP) is 0.168. The number of thioether (sulfide) groups is 1. The molecule has 16 heavy (non-hydrogen) atoms. The van der Waals surface area contributed by atoms with Crippen LogP contribution in [0.25, 0.3) is 0 Å². The van der Waals surface area contributed by atoms with Crippen LogP contribution in [-0.2, 0) is 4.74 Å². The summed E-state index contributed by atoms with van der Waals surface area (Å²) in [4.78, 5) is 15.2. The molecule has 0 amide bonds. The molecule has 3 N–H and O–H groups in total. The van der Waals surface area contributed by atoms with Crippen molar-refractivity contribution in [1.29, 1.82) is 0 Å². The molecule has 0 radical (unpaired) electrons. The molecule has 1 aliphatic heterocycles. The highest BCUT2D eigenvalue weighted by Crippen LogP contribution is 2.31. The number of hydrogen-bond acceptors (Lipinski definition) is 6. The Morgan fingerprint density at radius 3 is 3.19 bits per heavy atom. The average Bonchev–Trinajstić information content (AvgIpc) is 2.71. The number of ether oxygens (including phenoxy) is 1. The Hall–Kier alpha value is -0.570. The quantitative estimate of drug-likeness (QED) is 0.809. The summed E-state index contributed by atoms with van der Waals surface area (Å²) >= 11 is 4.66. The third-order valence-corrected chi connectivity index (χ3v) is 3.85. The molecule has 0 aromatic carbocycles. The number of aromatic nitrogens is 2. The van der Waals surface area contributed by atoms with E-state index in [9.17, 15) is 4.79 Å². The number of hydrogen-bond donors (Lipinski definition) is 2. The highest BCUT2D eigenvalue weighted by atomic mass is 79.9. The first-order valence-electron chi connectivity index (χ1n) is 4.54. The van der Waals surface area contributed by atoms with Crippen molar-refractivity contribution in [2.75, 3.05) is 18.1 Å². The molecule has 2 heterocycles. The summed E-state index contributed by atoms with van der Waals surface area (Å²) in [6.07, 6.45) is 1.15. The van der Waals surface area contributed by atoms with Crippen LogP contribution in [-0.4, -0.2) is 32.5 Å². The van der Waals surface area contributed by atoms with E-state index in [0.717, 1.165) is 0 Å². The number of anilines is 1. The summed E-state index contributed by atoms with van der Waals surface area (Å²) in [6, 6.07) is 0. The average molecular weight is 308 g/mol. The van der Waals surface area contributed by atoms with Gasteiger partial charge in [-0.05, 0) is 15.9 Å². The number of aliphatic hydroxyl groups excluding tert-OH is 1. The van der Waals surface area contributed by atoms with Gasteiger partial charge in [-0.15, -0.1) is 11.8 Å². The van der Waals surface area contributed by atoms with Crippen molar-refractivity contribution in [1.82, 2.24) is 9.55 Å². The minimum atomic E-state index is -0.454. The number of nitrogens with zero attached hydrogens (tertiary/aromatic N) is 2. The third kappa shape index (κ3) is 2.24. The summed E-state index contributed by atoms with van der Waals surface area (Å²) in [5.41, 5.74) is 4.75. The Kier molecular flexibility index (Phi) is 3.53. The van der Waals surface area contributed by atoms with Crippen LogP contribution in [0.1, 0.15) is 6.23 Å². The topological polar surface area (TPSA) is 90.4 Å². The fourth-order valence-electron chi connectivity index (χ4n) is 1.35. The molecule has 88 valence electrons. The Labute approximate surface area is 104 Å². The van der Waals surface area contributed by atoms with Crippen molar-refractivity contribution < 1.29 is 9.84 Å². The first-order chi connectivity index (χ1) is 7.61. The van der Waals surface area contributed by atoms with Crippen molar-refractivity contribution in [2.45, 2.75) is 11.7 Å². The number of aliphatic hydroxyl groups is 1. The second-order valence-electron chi connectivity index (χ2n) is 3.20. The summed E-state index contributed by atoms with van der Waals surface area (Å²) < 4.78 is 7.36. The zero-order valence-electron chi connectivity index (χ0n) is 8.17. The molecule has 6 nitrogen and oxygen atoms in total. The van der Waals surface area contributed by atoms with Crippen LogP contribution in [0.4, 0.5) is 5.82 Å². The molecule has 1 fully saturated rings. The fraction of sp³-hybridized carbons (Fsp3) is 0.500. The SMILES string of the molecule is Nc1nc(=O)n([C@H]2CS[C@H](CO)O2)cc1Br. The summed E-state index contributed by atoms with van der Waals surface area (Å²) in [5, 5.41) is 8.92. The van der Waals surface area contributed by atoms with Crippen molar-refractivity contribution >= 4 is 33.5 Å². The van der Waals surface area contributed by atoms with E-state index in [1.165, 1.54) is 16.3 Å². The Balaban J connectivity index is 2.28. The van der Waals surface area contributed by atoms with Gasteiger partial charge in [0, 0.05) is 11.9 Å². The van der Waals surface area contributed by atoms with Crippen LogP contribution >= 0.6 is 27.7 Å². The van der Waals surface area contributed by atoms with Gasteiger partial charge >= 0.3 is 5.69 Å². The number of rotatable bonds is 2. The van der Waals surface area contributed by atoms with Gasteiger partial charge in [-0.3, -0.25) is 4.57 Å². The lowest BCUT2D eigenvalue weighted by Crippen LogP contribution is -2.29. The Bertz CT molecular complexity index is 453. The molecular weight excluding hydrogens is 298 g/mol. The third-order valence-electron chi connectivity index (χ3n) is 2.13. The van der Waals surface area contributed by atoms with Crippen LogP contribution in [0.15, 0.2) is 15.5 Å². The molecular formula is C8H10BrN3O3S. The molecule has 1 aliphatic rings. The predicted molar refractivity (Wildman–Crippen MR) is 64.1 cm³/mol. The molecule has 0 bridgehead atoms. The van der Waals surface area contributed by atoms with Gasteiger partial charge in [0.25, 0.3) is 0 Å². The van der Waals surface area contributed by atoms with Crippen LogP contribution in [0.3, 0.4) is 0 Å². The number of nitrogen functional groups attached to an aromatic ring is 1. The fourth-order valence-corrected chi connectivity index (χ4v) is 2.59. The first-order valence-corrected chi connectivity index (χ1v) is 6.38. The van der Waals surface area contributed by atoms with Gasteiger partial charge in [0.2, 0.25) is 0 Å². The van der Waals surface area contributed by atoms with E-state index in [1.54, 1.807) is 6.20 Å². The van der Waals surface area contributed by atoms with E-state index in [0.29, 0.717) is 10.2 Å². The van der Waals surface area contributed by atoms with Gasteiger partial charge in [-0.25, -0.2) is 4.79 Å². The van der Waals surface area contributed by atoms with Gasteiger partial charge in [-0.2, -0.15) is 4.98 Å². The van der Waals surface area contributed by atoms with E-state index >= 15 is 0 Å². The normalized spacial score (nSPS) is 24.9. The Morgan fingerprint density at radius 2 is 2.56 bits per heavy atom. The second-order valence-corrected chi connectivity index (χ2v) is 5.25. The maximum Gasteiger partial charge on any atom is 0.351 e. The summed E-state index contributed by atoms with van der Waals surface area (Å²) in [5.74, 6) is 0.758. The van der Waals surface area contributed by atoms with E-state index in [4.69, 9.17) is 15.6 Å². The molecule has 1 aromatic heterocycles. The van der Waals surface area contributed by atoms with E-state index in [1.807, 2.05) is 0 Å². The monoisotopic (exact) mass is 307 g/mol. The van der Waals surface area contributed by atoms with Crippen LogP contribution in [0.2, 0.25) is 0 Å². The highest BCUT2D eigenvalue weighted by molar-refractivity contribution is 9.10. The largest absolute Gasteiger partial charge is 0.393 e. The standard InChI is InChI=1S/C8H10BrN3O3S/c9-4-1-12(8(14)11-7(4)10)5-3-16-6(2-13)15-5/h1,5-6,13H,2-3H2,(H2,10,11,14)/t5-,6-/m1/s1. The van der Waals surface area contributed by atoms with E-state index in [-0.39, 0.29) is 17.9 Å². The lowest BCUT2D eigenvalue weighted by atomic mass is 10.5. The molecule has 0 unspecified atom stereocenters. The number of nitrogens with two attached hydrogens (primary N) is 1. The van der Waals surface area contributed by atoms with E-state index in [2.05, 4.69) is 20.9 Å². The zero-order valence-corrected chi connectivity index (χ0v) is 10.6. The summed E-state index contributed by atoms with van der Waals surface area (Å²) in [6.45, 7) is -0.0700. The second kappa shape index (κ2) is 4.74. The van der Waals surface area contributed by atoms with Crippen molar-refractivity contribution in [3.63, 3.8) is 0 Å². The van der Waals surface area contributed by atoms with Gasteiger partial charge in [-0.1, -0.05) is 0 Å². The van der Waals surface area contributed by atoms with Crippen LogP contribution in [0, 0.1) is 0 Å². The first kappa shape index (κ1) is 11.9. The minimum Gasteiger partial charge on any atom is -0.393 e. The van der Waals surface area contributed by atoms with Crippen LogP contribution < -0.4 is 11.4 Å². The maximum atomic E-state index is 11.6. The highest BCUT2D eigenvalue weighted by Gasteiger charge is 2.27. The molecule has 0 spiro atoms. The van der Waals surface area contributed by atoms with E-state index < -0.39 is 11.9 Å². The molecule has 8 heteroatoms. The van der Waals surface area contributed by atoms with Gasteiger partial charge in [0.05, 0.1) is 11.1 Å². The Morgan fingerprint density at radius 1 is 1.81 bits per heavy atom. The molecule has 0 saturated carbocycles. The minimum absolute atomic E-state index is 0.0700. The van der Waals surface area contributed by atoms with Gasteiger partial charge < -0.3 is 15.6 Å². The van der Waals surface area contributed by atoms with Crippen molar-refractivity contribution in [3.05, 3.63) is 21.2 Å². The molecule has 2 atom stereocenters. The lowest BCUT2D eigenvalue weighted by molar-refractivity contribution is -0.00639. The van der Waals surface area contributed by atoms with Crippen LogP contribution in [0.5, 0.6) is 0 Å². The number of halogens is 1. The molecule has 2 rings (SSSR count). The van der Waals surface area contributed by atoms with Gasteiger partial charge in [0.1, 0.15) is 17.5 Å². The van der Waals surface area contributed by atoms with Crippen molar-refractivity contribution in [3.8, 4) is 0 Å². The maximum absolute atomic E-state index is 11.6. The van der Waals surface area contributed by atoms with Crippen molar-refractivity contribution in [2.24, 2.45) is 0 Å². The molecule has 1 aromatic rings. The molecule has 1 saturated heterocycles. The van der Waals surface area contributed by atoms with Gasteiger partial charge in [0.15, 0.2) is 0 Å². The zero-order chi connectivity index (χ0) is 11.7. The lowest BCUT2D eigenvalue weighted by Gasteiger charge is -2.14. The molecule has 0 aliphatic carbocycles. The smallest absolute Gasteiger partial charge is 0.351 e.